The van der Waals surface area contributed by atoms with E-state index in [1.807, 2.05) is 13.8 Å². The predicted molar refractivity (Wildman–Crippen MR) is 78.0 cm³/mol. The van der Waals surface area contributed by atoms with Crippen LogP contribution in [-0.4, -0.2) is 34.7 Å². The van der Waals surface area contributed by atoms with Crippen LogP contribution in [0.2, 0.25) is 5.02 Å². The number of nitro benzene ring substituents is 1. The summed E-state index contributed by atoms with van der Waals surface area (Å²) in [5.74, 6) is -1.12. The average Bonchev–Trinajstić information content (AvgIpc) is 2.36. The first-order valence-corrected chi connectivity index (χ1v) is 6.62. The normalized spacial score (nSPS) is 10.5. The zero-order valence-electron chi connectivity index (χ0n) is 11.7. The lowest BCUT2D eigenvalue weighted by Crippen LogP contribution is -2.40. The summed E-state index contributed by atoms with van der Waals surface area (Å²) in [5.41, 5.74) is 4.75. The molecule has 0 unspecified atom stereocenters. The molecule has 0 fully saturated rings. The van der Waals surface area contributed by atoms with Crippen LogP contribution in [0.25, 0.3) is 0 Å². The molecule has 114 valence electrons. The lowest BCUT2D eigenvalue weighted by atomic mass is 10.1. The van der Waals surface area contributed by atoms with E-state index >= 15 is 0 Å². The summed E-state index contributed by atoms with van der Waals surface area (Å²) in [7, 11) is 0. The topological polar surface area (TPSA) is 107 Å². The van der Waals surface area contributed by atoms with Crippen molar-refractivity contribution in [3.8, 4) is 0 Å². The molecule has 1 aromatic carbocycles. The standard InChI is InChI=1S/C13H16ClN3O4/c1-8(2)6-16(7-11(15)18)13(19)9-4-3-5-10(12(9)14)17(20)21/h3-5,8H,6-7H2,1-2H3,(H2,15,18). The summed E-state index contributed by atoms with van der Waals surface area (Å²) in [6, 6.07) is 3.96. The van der Waals surface area contributed by atoms with Gasteiger partial charge in [-0.05, 0) is 12.0 Å². The van der Waals surface area contributed by atoms with Crippen molar-refractivity contribution in [2.75, 3.05) is 13.1 Å². The van der Waals surface area contributed by atoms with Crippen LogP contribution in [0.15, 0.2) is 18.2 Å². The van der Waals surface area contributed by atoms with Gasteiger partial charge in [-0.2, -0.15) is 0 Å². The number of rotatable bonds is 6. The lowest BCUT2D eigenvalue weighted by molar-refractivity contribution is -0.384. The molecule has 0 bridgehead atoms. The molecule has 2 amide bonds. The highest BCUT2D eigenvalue weighted by atomic mass is 35.5. The smallest absolute Gasteiger partial charge is 0.288 e. The maximum Gasteiger partial charge on any atom is 0.288 e. The first kappa shape index (κ1) is 16.9. The number of benzene rings is 1. The Hall–Kier alpha value is -2.15. The summed E-state index contributed by atoms with van der Waals surface area (Å²) >= 11 is 5.91. The SMILES string of the molecule is CC(C)CN(CC(N)=O)C(=O)c1cccc([N+](=O)[O-])c1Cl. The van der Waals surface area contributed by atoms with E-state index in [2.05, 4.69) is 0 Å². The third-order valence-corrected chi connectivity index (χ3v) is 3.02. The van der Waals surface area contributed by atoms with Gasteiger partial charge in [0, 0.05) is 12.6 Å². The molecule has 0 spiro atoms. The van der Waals surface area contributed by atoms with Gasteiger partial charge in [0.1, 0.15) is 5.02 Å². The van der Waals surface area contributed by atoms with Gasteiger partial charge in [-0.25, -0.2) is 0 Å². The van der Waals surface area contributed by atoms with Gasteiger partial charge < -0.3 is 10.6 Å². The first-order valence-electron chi connectivity index (χ1n) is 6.24. The van der Waals surface area contributed by atoms with Gasteiger partial charge in [0.2, 0.25) is 5.91 Å². The van der Waals surface area contributed by atoms with Crippen molar-refractivity contribution >= 4 is 29.1 Å². The Labute approximate surface area is 126 Å². The van der Waals surface area contributed by atoms with Crippen molar-refractivity contribution in [3.63, 3.8) is 0 Å². The molecule has 0 radical (unpaired) electrons. The summed E-state index contributed by atoms with van der Waals surface area (Å²) in [5, 5.41) is 10.6. The molecule has 0 aliphatic rings. The maximum atomic E-state index is 12.4. The molecule has 1 aromatic rings. The monoisotopic (exact) mass is 313 g/mol. The molecule has 0 heterocycles. The fourth-order valence-corrected chi connectivity index (χ4v) is 2.12. The van der Waals surface area contributed by atoms with Crippen molar-refractivity contribution in [2.45, 2.75) is 13.8 Å². The van der Waals surface area contributed by atoms with E-state index in [0.29, 0.717) is 6.54 Å². The van der Waals surface area contributed by atoms with Crippen LogP contribution in [0.5, 0.6) is 0 Å². The second-order valence-corrected chi connectivity index (χ2v) is 5.32. The molecular formula is C13H16ClN3O4. The highest BCUT2D eigenvalue weighted by molar-refractivity contribution is 6.35. The third-order valence-electron chi connectivity index (χ3n) is 2.62. The van der Waals surface area contributed by atoms with E-state index in [1.165, 1.54) is 23.1 Å². The minimum Gasteiger partial charge on any atom is -0.368 e. The number of carbonyl (C=O) groups is 2. The molecule has 8 heteroatoms. The summed E-state index contributed by atoms with van der Waals surface area (Å²) in [4.78, 5) is 34.9. The molecule has 0 saturated carbocycles. The Bertz CT molecular complexity index is 575. The predicted octanol–water partition coefficient (Wildman–Crippen LogP) is 1.83. The molecule has 21 heavy (non-hydrogen) atoms. The minimum atomic E-state index is -0.667. The number of carbonyl (C=O) groups excluding carboxylic acids is 2. The average molecular weight is 314 g/mol. The molecule has 0 aliphatic heterocycles. The van der Waals surface area contributed by atoms with Crippen LogP contribution in [-0.2, 0) is 4.79 Å². The van der Waals surface area contributed by atoms with Crippen molar-refractivity contribution in [1.29, 1.82) is 0 Å². The third kappa shape index (κ3) is 4.42. The van der Waals surface area contributed by atoms with Crippen LogP contribution < -0.4 is 5.73 Å². The quantitative estimate of drug-likeness (QED) is 0.638. The van der Waals surface area contributed by atoms with Crippen LogP contribution in [0.3, 0.4) is 0 Å². The summed E-state index contributed by atoms with van der Waals surface area (Å²) in [6.45, 7) is 3.77. The van der Waals surface area contributed by atoms with E-state index in [4.69, 9.17) is 17.3 Å². The maximum absolute atomic E-state index is 12.4. The Kier molecular flexibility index (Phi) is 5.66. The van der Waals surface area contributed by atoms with Gasteiger partial charge in [-0.15, -0.1) is 0 Å². The van der Waals surface area contributed by atoms with E-state index in [-0.39, 0.29) is 28.7 Å². The molecule has 2 N–H and O–H groups in total. The number of nitro groups is 1. The fourth-order valence-electron chi connectivity index (χ4n) is 1.84. The zero-order valence-corrected chi connectivity index (χ0v) is 12.5. The van der Waals surface area contributed by atoms with E-state index in [1.54, 1.807) is 0 Å². The van der Waals surface area contributed by atoms with Gasteiger partial charge in [0.15, 0.2) is 0 Å². The Morgan fingerprint density at radius 2 is 2.05 bits per heavy atom. The highest BCUT2D eigenvalue weighted by Gasteiger charge is 2.25. The molecule has 7 nitrogen and oxygen atoms in total. The van der Waals surface area contributed by atoms with Crippen LogP contribution in [0.1, 0.15) is 24.2 Å². The summed E-state index contributed by atoms with van der Waals surface area (Å²) < 4.78 is 0. The van der Waals surface area contributed by atoms with Crippen molar-refractivity contribution < 1.29 is 14.5 Å². The molecule has 0 atom stereocenters. The van der Waals surface area contributed by atoms with Crippen molar-refractivity contribution in [1.82, 2.24) is 4.90 Å². The summed E-state index contributed by atoms with van der Waals surface area (Å²) in [6.07, 6.45) is 0. The number of hydrogen-bond donors (Lipinski definition) is 1. The van der Waals surface area contributed by atoms with E-state index < -0.39 is 16.7 Å². The van der Waals surface area contributed by atoms with Gasteiger partial charge in [-0.1, -0.05) is 31.5 Å². The second kappa shape index (κ2) is 7.03. The number of primary amides is 1. The number of nitrogens with two attached hydrogens (primary N) is 1. The van der Waals surface area contributed by atoms with Crippen LogP contribution in [0, 0.1) is 16.0 Å². The van der Waals surface area contributed by atoms with Gasteiger partial charge >= 0.3 is 0 Å². The molecule has 0 saturated heterocycles. The molecule has 0 aromatic heterocycles. The van der Waals surface area contributed by atoms with Crippen LogP contribution >= 0.6 is 11.6 Å². The van der Waals surface area contributed by atoms with Gasteiger partial charge in [-0.3, -0.25) is 19.7 Å². The van der Waals surface area contributed by atoms with Crippen molar-refractivity contribution in [3.05, 3.63) is 38.9 Å². The molecule has 1 rings (SSSR count). The number of amides is 2. The van der Waals surface area contributed by atoms with Gasteiger partial charge in [0.25, 0.3) is 11.6 Å². The Morgan fingerprint density at radius 1 is 1.43 bits per heavy atom. The van der Waals surface area contributed by atoms with E-state index in [9.17, 15) is 19.7 Å². The first-order chi connectivity index (χ1) is 9.73. The molecule has 0 aliphatic carbocycles. The lowest BCUT2D eigenvalue weighted by Gasteiger charge is -2.23. The number of hydrogen-bond acceptors (Lipinski definition) is 4. The number of nitrogens with zero attached hydrogens (tertiary/aromatic N) is 2. The molecular weight excluding hydrogens is 298 g/mol. The Balaban J connectivity index is 3.17. The second-order valence-electron chi connectivity index (χ2n) is 4.94. The number of halogens is 1. The Morgan fingerprint density at radius 3 is 2.52 bits per heavy atom. The fraction of sp³-hybridized carbons (Fsp3) is 0.385. The largest absolute Gasteiger partial charge is 0.368 e. The highest BCUT2D eigenvalue weighted by Crippen LogP contribution is 2.28. The minimum absolute atomic E-state index is 0.0206. The zero-order chi connectivity index (χ0) is 16.2. The van der Waals surface area contributed by atoms with E-state index in [0.717, 1.165) is 0 Å². The van der Waals surface area contributed by atoms with Crippen LogP contribution in [0.4, 0.5) is 5.69 Å². The van der Waals surface area contributed by atoms with Crippen molar-refractivity contribution in [2.24, 2.45) is 11.7 Å². The van der Waals surface area contributed by atoms with Gasteiger partial charge in [0.05, 0.1) is 17.0 Å².